The van der Waals surface area contributed by atoms with E-state index in [2.05, 4.69) is 179 Å². The first kappa shape index (κ1) is 26.9. The van der Waals surface area contributed by atoms with Crippen molar-refractivity contribution in [3.63, 3.8) is 0 Å². The van der Waals surface area contributed by atoms with Crippen LogP contribution < -0.4 is 0 Å². The predicted molar refractivity (Wildman–Crippen MR) is 201 cm³/mol. The number of hydrogen-bond acceptors (Lipinski definition) is 2. The molecule has 0 bridgehead atoms. The topological polar surface area (TPSA) is 34.6 Å². The second kappa shape index (κ2) is 10.6. The highest BCUT2D eigenvalue weighted by Gasteiger charge is 2.30. The Morgan fingerprint density at radius 2 is 0.979 bits per heavy atom. The first-order valence-electron chi connectivity index (χ1n) is 16.5. The van der Waals surface area contributed by atoms with Crippen LogP contribution in [0.15, 0.2) is 180 Å². The highest BCUT2D eigenvalue weighted by Crippen LogP contribution is 2.38. The summed E-state index contributed by atoms with van der Waals surface area (Å²) in [6.45, 7) is 0. The Kier molecular flexibility index (Phi) is 5.97. The molecule has 2 atom stereocenters. The van der Waals surface area contributed by atoms with Crippen LogP contribution in [0.5, 0.6) is 0 Å². The molecule has 1 aliphatic heterocycles. The summed E-state index contributed by atoms with van der Waals surface area (Å²) in [4.78, 5) is 10.5. The van der Waals surface area contributed by atoms with E-state index in [9.17, 15) is 0 Å². The number of hydrogen-bond donors (Lipinski definition) is 0. The van der Waals surface area contributed by atoms with Gasteiger partial charge in [-0.2, -0.15) is 0 Å². The summed E-state index contributed by atoms with van der Waals surface area (Å²) in [5.41, 5.74) is 10.4. The zero-order valence-corrected chi connectivity index (χ0v) is 26.1. The molecule has 2 unspecified atom stereocenters. The van der Waals surface area contributed by atoms with Gasteiger partial charge in [0.25, 0.3) is 0 Å². The molecule has 0 saturated carbocycles. The molecular formula is C44H30N4. The number of fused-ring (bicyclic) bond motifs is 7. The van der Waals surface area contributed by atoms with E-state index in [1.165, 1.54) is 49.4 Å². The van der Waals surface area contributed by atoms with Crippen LogP contribution in [0, 0.1) is 5.92 Å². The van der Waals surface area contributed by atoms with Gasteiger partial charge in [0.2, 0.25) is 5.96 Å². The molecule has 3 heterocycles. The monoisotopic (exact) mass is 614 g/mol. The van der Waals surface area contributed by atoms with E-state index < -0.39 is 0 Å². The molecule has 226 valence electrons. The SMILES string of the molecule is C1=CC2N=C(n3c4ccccc4c4cc(-c5ccc6c(c5)c5ccccc5n6-c5ccccc5)ccc43)N=C(c3ccccc3)C2C=C1. The third-order valence-electron chi connectivity index (χ3n) is 9.87. The minimum atomic E-state index is -0.00191. The molecule has 0 saturated heterocycles. The highest BCUT2D eigenvalue weighted by molar-refractivity contribution is 6.19. The maximum absolute atomic E-state index is 5.29. The minimum Gasteiger partial charge on any atom is -0.309 e. The number of rotatable bonds is 3. The quantitative estimate of drug-likeness (QED) is 0.190. The van der Waals surface area contributed by atoms with Gasteiger partial charge in [-0.05, 0) is 65.2 Å². The van der Waals surface area contributed by atoms with Crippen molar-refractivity contribution in [2.45, 2.75) is 6.04 Å². The summed E-state index contributed by atoms with van der Waals surface area (Å²) in [7, 11) is 0. The molecular weight excluding hydrogens is 585 g/mol. The molecule has 0 fully saturated rings. The Morgan fingerprint density at radius 1 is 0.438 bits per heavy atom. The molecule has 48 heavy (non-hydrogen) atoms. The number of para-hydroxylation sites is 3. The minimum absolute atomic E-state index is 0.00191. The van der Waals surface area contributed by atoms with Gasteiger partial charge >= 0.3 is 0 Å². The van der Waals surface area contributed by atoms with E-state index in [4.69, 9.17) is 9.98 Å². The summed E-state index contributed by atoms with van der Waals surface area (Å²) < 4.78 is 4.61. The van der Waals surface area contributed by atoms with Crippen LogP contribution in [0.2, 0.25) is 0 Å². The van der Waals surface area contributed by atoms with Gasteiger partial charge in [-0.25, -0.2) is 9.98 Å². The molecule has 0 N–H and O–H groups in total. The maximum Gasteiger partial charge on any atom is 0.230 e. The van der Waals surface area contributed by atoms with E-state index in [1.54, 1.807) is 0 Å². The highest BCUT2D eigenvalue weighted by atomic mass is 15.2. The Labute approximate surface area is 277 Å². The summed E-state index contributed by atoms with van der Waals surface area (Å²) in [6, 6.07) is 52.1. The zero-order chi connectivity index (χ0) is 31.6. The van der Waals surface area contributed by atoms with Crippen LogP contribution in [0.4, 0.5) is 0 Å². The van der Waals surface area contributed by atoms with Crippen molar-refractivity contribution in [2.75, 3.05) is 0 Å². The van der Waals surface area contributed by atoms with E-state index in [0.29, 0.717) is 0 Å². The normalized spacial score (nSPS) is 17.2. The van der Waals surface area contributed by atoms with Crippen LogP contribution in [-0.2, 0) is 0 Å². The largest absolute Gasteiger partial charge is 0.309 e. The third-order valence-corrected chi connectivity index (χ3v) is 9.87. The van der Waals surface area contributed by atoms with Crippen molar-refractivity contribution >= 4 is 55.3 Å². The molecule has 10 rings (SSSR count). The van der Waals surface area contributed by atoms with Crippen LogP contribution >= 0.6 is 0 Å². The maximum atomic E-state index is 5.29. The second-order valence-corrected chi connectivity index (χ2v) is 12.6. The van der Waals surface area contributed by atoms with Gasteiger partial charge in [-0.3, -0.25) is 4.57 Å². The van der Waals surface area contributed by atoms with Gasteiger partial charge in [0, 0.05) is 33.2 Å². The van der Waals surface area contributed by atoms with E-state index in [0.717, 1.165) is 28.3 Å². The molecule has 2 aromatic heterocycles. The number of aliphatic imine (C=N–C) groups is 2. The van der Waals surface area contributed by atoms with Crippen molar-refractivity contribution in [2.24, 2.45) is 15.9 Å². The molecule has 2 aliphatic rings. The van der Waals surface area contributed by atoms with Crippen molar-refractivity contribution in [1.82, 2.24) is 9.13 Å². The summed E-state index contributed by atoms with van der Waals surface area (Å²) in [5, 5.41) is 4.88. The standard InChI is InChI=1S/C44H30N4/c1-3-13-29(14-4-1)43-35-19-7-10-20-38(35)45-44(46-43)48-40-22-12-9-18-34(40)37-28-31(24-26-42(37)48)30-23-25-41-36(27-30)33-17-8-11-21-39(33)47(41)32-15-5-2-6-16-32/h1-28,35,38H. The fourth-order valence-corrected chi connectivity index (χ4v) is 7.67. The van der Waals surface area contributed by atoms with Gasteiger partial charge in [-0.15, -0.1) is 0 Å². The van der Waals surface area contributed by atoms with Gasteiger partial charge in [0.15, 0.2) is 0 Å². The second-order valence-electron chi connectivity index (χ2n) is 12.6. The lowest BCUT2D eigenvalue weighted by Gasteiger charge is -2.28. The van der Waals surface area contributed by atoms with Crippen LogP contribution in [0.3, 0.4) is 0 Å². The summed E-state index contributed by atoms with van der Waals surface area (Å²) in [5.74, 6) is 0.841. The number of allylic oxidation sites excluding steroid dienone is 2. The first-order valence-corrected chi connectivity index (χ1v) is 16.5. The van der Waals surface area contributed by atoms with E-state index in [1.807, 2.05) is 0 Å². The molecule has 1 aliphatic carbocycles. The zero-order valence-electron chi connectivity index (χ0n) is 26.1. The van der Waals surface area contributed by atoms with Crippen molar-refractivity contribution in [3.05, 3.63) is 175 Å². The number of benzene rings is 6. The van der Waals surface area contributed by atoms with Crippen molar-refractivity contribution in [3.8, 4) is 16.8 Å². The Morgan fingerprint density at radius 3 is 1.67 bits per heavy atom. The van der Waals surface area contributed by atoms with E-state index in [-0.39, 0.29) is 12.0 Å². The lowest BCUT2D eigenvalue weighted by molar-refractivity contribution is 0.703. The van der Waals surface area contributed by atoms with Gasteiger partial charge in [0.1, 0.15) is 0 Å². The van der Waals surface area contributed by atoms with Crippen LogP contribution in [-0.4, -0.2) is 26.8 Å². The molecule has 6 aromatic carbocycles. The average Bonchev–Trinajstić information content (AvgIpc) is 3.67. The van der Waals surface area contributed by atoms with Crippen LogP contribution in [0.1, 0.15) is 5.56 Å². The Balaban J connectivity index is 1.15. The van der Waals surface area contributed by atoms with Crippen LogP contribution in [0.25, 0.3) is 60.4 Å². The summed E-state index contributed by atoms with van der Waals surface area (Å²) >= 11 is 0. The molecule has 0 amide bonds. The average molecular weight is 615 g/mol. The Bertz CT molecular complexity index is 2670. The third kappa shape index (κ3) is 4.09. The fourth-order valence-electron chi connectivity index (χ4n) is 7.67. The number of aromatic nitrogens is 2. The van der Waals surface area contributed by atoms with Gasteiger partial charge < -0.3 is 4.57 Å². The predicted octanol–water partition coefficient (Wildman–Crippen LogP) is 10.4. The summed E-state index contributed by atoms with van der Waals surface area (Å²) in [6.07, 6.45) is 8.63. The molecule has 4 nitrogen and oxygen atoms in total. The lowest BCUT2D eigenvalue weighted by atomic mass is 9.86. The first-order chi connectivity index (χ1) is 23.8. The van der Waals surface area contributed by atoms with Gasteiger partial charge in [-0.1, -0.05) is 121 Å². The molecule has 0 spiro atoms. The Hall–Kier alpha value is -6.26. The molecule has 8 aromatic rings. The van der Waals surface area contributed by atoms with E-state index >= 15 is 0 Å². The molecule has 4 heteroatoms. The fraction of sp³-hybridized carbons (Fsp3) is 0.0455. The number of nitrogens with zero attached hydrogens (tertiary/aromatic N) is 4. The lowest BCUT2D eigenvalue weighted by Crippen LogP contribution is -2.33. The van der Waals surface area contributed by atoms with Crippen molar-refractivity contribution < 1.29 is 0 Å². The smallest absolute Gasteiger partial charge is 0.230 e. The molecule has 0 radical (unpaired) electrons. The van der Waals surface area contributed by atoms with Crippen molar-refractivity contribution in [1.29, 1.82) is 0 Å². The van der Waals surface area contributed by atoms with Gasteiger partial charge in [0.05, 0.1) is 33.8 Å².